The highest BCUT2D eigenvalue weighted by molar-refractivity contribution is 8.00. The summed E-state index contributed by atoms with van der Waals surface area (Å²) in [6.07, 6.45) is 3.47. The minimum atomic E-state index is -0.497. The number of hydrogen-bond donors (Lipinski definition) is 4. The molecule has 5 aromatic carbocycles. The SMILES string of the molecule is O=C(CSc1cccc(NC(=O)/C(=C/c2ccc(OCc3ccccc3)cc2)NC(=O)c2ccccc2)c1)Nc1ccc2cc[nH]c2c1. The van der Waals surface area contributed by atoms with Crippen molar-refractivity contribution in [2.45, 2.75) is 11.5 Å². The first kappa shape index (κ1) is 31.9. The van der Waals surface area contributed by atoms with E-state index in [1.807, 2.05) is 97.2 Å². The highest BCUT2D eigenvalue weighted by Gasteiger charge is 2.16. The summed E-state index contributed by atoms with van der Waals surface area (Å²) < 4.78 is 5.89. The predicted octanol–water partition coefficient (Wildman–Crippen LogP) is 7.89. The van der Waals surface area contributed by atoms with E-state index >= 15 is 0 Å². The molecule has 0 aliphatic carbocycles. The second-order valence-corrected chi connectivity index (χ2v) is 11.9. The number of benzene rings is 5. The Hall–Kier alpha value is -6.06. The van der Waals surface area contributed by atoms with E-state index in [1.54, 1.807) is 48.5 Å². The third-order valence-corrected chi connectivity index (χ3v) is 8.26. The molecule has 1 heterocycles. The summed E-state index contributed by atoms with van der Waals surface area (Å²) >= 11 is 1.35. The van der Waals surface area contributed by atoms with Gasteiger partial charge >= 0.3 is 0 Å². The van der Waals surface area contributed by atoms with Gasteiger partial charge in [-0.2, -0.15) is 0 Å². The Labute approximate surface area is 282 Å². The number of anilines is 2. The minimum absolute atomic E-state index is 0.0678. The number of aromatic amines is 1. The molecular formula is C39H32N4O4S. The number of amides is 3. The number of ether oxygens (including phenoxy) is 1. The summed E-state index contributed by atoms with van der Waals surface area (Å²) in [6, 6.07) is 40.7. The lowest BCUT2D eigenvalue weighted by atomic mass is 10.1. The van der Waals surface area contributed by atoms with Gasteiger partial charge in [0.25, 0.3) is 11.8 Å². The van der Waals surface area contributed by atoms with Crippen molar-refractivity contribution in [2.24, 2.45) is 0 Å². The van der Waals surface area contributed by atoms with Gasteiger partial charge in [-0.25, -0.2) is 0 Å². The fraction of sp³-hybridized carbons (Fsp3) is 0.0513. The number of H-pyrrole nitrogens is 1. The average Bonchev–Trinajstić information content (AvgIpc) is 3.59. The fourth-order valence-electron chi connectivity index (χ4n) is 4.84. The Morgan fingerprint density at radius 1 is 0.729 bits per heavy atom. The highest BCUT2D eigenvalue weighted by Crippen LogP contribution is 2.24. The molecule has 0 saturated carbocycles. The van der Waals surface area contributed by atoms with Crippen LogP contribution in [0.4, 0.5) is 11.4 Å². The first-order valence-corrected chi connectivity index (χ1v) is 16.2. The van der Waals surface area contributed by atoms with Crippen molar-refractivity contribution >= 4 is 57.8 Å². The van der Waals surface area contributed by atoms with E-state index in [0.717, 1.165) is 21.4 Å². The Balaban J connectivity index is 1.12. The van der Waals surface area contributed by atoms with Gasteiger partial charge in [0, 0.05) is 33.5 Å². The molecule has 48 heavy (non-hydrogen) atoms. The zero-order valence-corrected chi connectivity index (χ0v) is 26.6. The zero-order chi connectivity index (χ0) is 33.1. The molecule has 0 bridgehead atoms. The van der Waals surface area contributed by atoms with E-state index in [9.17, 15) is 14.4 Å². The van der Waals surface area contributed by atoms with Crippen LogP contribution >= 0.6 is 11.8 Å². The molecule has 0 radical (unpaired) electrons. The van der Waals surface area contributed by atoms with Gasteiger partial charge in [-0.1, -0.05) is 72.8 Å². The van der Waals surface area contributed by atoms with Crippen LogP contribution in [-0.2, 0) is 16.2 Å². The number of nitrogens with one attached hydrogen (secondary N) is 4. The standard InChI is InChI=1S/C39H32N4O4S/c44-37(41-32-17-16-29-20-21-40-35(29)24-32)26-48-34-13-7-12-31(23-34)42-39(46)36(43-38(45)30-10-5-2-6-11-30)22-27-14-18-33(19-15-27)47-25-28-8-3-1-4-9-28/h1-24,40H,25-26H2,(H,41,44)(H,42,46)(H,43,45)/b36-22-. The van der Waals surface area contributed by atoms with Crippen LogP contribution in [0, 0.1) is 0 Å². The second-order valence-electron chi connectivity index (χ2n) is 10.8. The van der Waals surface area contributed by atoms with Crippen molar-refractivity contribution in [3.63, 3.8) is 0 Å². The Morgan fingerprint density at radius 2 is 1.48 bits per heavy atom. The number of carbonyl (C=O) groups is 3. The molecule has 6 rings (SSSR count). The molecule has 8 nitrogen and oxygen atoms in total. The molecule has 0 aliphatic rings. The molecule has 238 valence electrons. The van der Waals surface area contributed by atoms with Gasteiger partial charge in [0.1, 0.15) is 18.1 Å². The molecule has 0 fully saturated rings. The summed E-state index contributed by atoms with van der Waals surface area (Å²) in [5.41, 5.74) is 4.42. The van der Waals surface area contributed by atoms with Crippen molar-refractivity contribution in [3.8, 4) is 5.75 Å². The Kier molecular flexibility index (Phi) is 10.3. The number of fused-ring (bicyclic) bond motifs is 1. The summed E-state index contributed by atoms with van der Waals surface area (Å²) in [4.78, 5) is 43.2. The zero-order valence-electron chi connectivity index (χ0n) is 25.8. The van der Waals surface area contributed by atoms with E-state index in [4.69, 9.17) is 4.74 Å². The van der Waals surface area contributed by atoms with Gasteiger partial charge in [0.15, 0.2) is 0 Å². The van der Waals surface area contributed by atoms with Gasteiger partial charge in [-0.15, -0.1) is 11.8 Å². The van der Waals surface area contributed by atoms with Crippen LogP contribution in [0.3, 0.4) is 0 Å². The number of aromatic nitrogens is 1. The molecule has 0 spiro atoms. The summed E-state index contributed by atoms with van der Waals surface area (Å²) in [5, 5.41) is 9.65. The van der Waals surface area contributed by atoms with Crippen molar-refractivity contribution in [3.05, 3.63) is 162 Å². The molecule has 6 aromatic rings. The molecule has 0 saturated heterocycles. The van der Waals surface area contributed by atoms with E-state index < -0.39 is 11.8 Å². The lowest BCUT2D eigenvalue weighted by Gasteiger charge is -2.12. The monoisotopic (exact) mass is 652 g/mol. The Morgan fingerprint density at radius 3 is 2.27 bits per heavy atom. The molecule has 4 N–H and O–H groups in total. The van der Waals surface area contributed by atoms with Gasteiger partial charge < -0.3 is 25.7 Å². The molecule has 0 aliphatic heterocycles. The summed E-state index contributed by atoms with van der Waals surface area (Å²) in [6.45, 7) is 0.434. The fourth-order valence-corrected chi connectivity index (χ4v) is 5.60. The second kappa shape index (κ2) is 15.5. The minimum Gasteiger partial charge on any atom is -0.489 e. The van der Waals surface area contributed by atoms with Crippen molar-refractivity contribution < 1.29 is 19.1 Å². The maximum atomic E-state index is 13.6. The van der Waals surface area contributed by atoms with Gasteiger partial charge in [0.05, 0.1) is 5.75 Å². The van der Waals surface area contributed by atoms with E-state index in [2.05, 4.69) is 20.9 Å². The number of carbonyl (C=O) groups excluding carboxylic acids is 3. The average molecular weight is 653 g/mol. The van der Waals surface area contributed by atoms with Crippen molar-refractivity contribution in [1.82, 2.24) is 10.3 Å². The lowest BCUT2D eigenvalue weighted by Crippen LogP contribution is -2.30. The maximum Gasteiger partial charge on any atom is 0.272 e. The van der Waals surface area contributed by atoms with Gasteiger partial charge in [0.2, 0.25) is 5.91 Å². The van der Waals surface area contributed by atoms with Crippen LogP contribution in [0.1, 0.15) is 21.5 Å². The quantitative estimate of drug-likeness (QED) is 0.0794. The normalized spacial score (nSPS) is 11.1. The van der Waals surface area contributed by atoms with E-state index in [-0.39, 0.29) is 17.4 Å². The molecular weight excluding hydrogens is 621 g/mol. The molecule has 3 amide bonds. The lowest BCUT2D eigenvalue weighted by molar-refractivity contribution is -0.114. The first-order chi connectivity index (χ1) is 23.5. The van der Waals surface area contributed by atoms with Gasteiger partial charge in [-0.3, -0.25) is 14.4 Å². The van der Waals surface area contributed by atoms with Crippen LogP contribution in [0.25, 0.3) is 17.0 Å². The summed E-state index contributed by atoms with van der Waals surface area (Å²) in [7, 11) is 0. The summed E-state index contributed by atoms with van der Waals surface area (Å²) in [5.74, 6) is -0.192. The van der Waals surface area contributed by atoms with Crippen molar-refractivity contribution in [1.29, 1.82) is 0 Å². The van der Waals surface area contributed by atoms with E-state index in [1.165, 1.54) is 11.8 Å². The smallest absolute Gasteiger partial charge is 0.272 e. The Bertz CT molecular complexity index is 2060. The van der Waals surface area contributed by atoms with Crippen LogP contribution in [0.5, 0.6) is 5.75 Å². The third kappa shape index (κ3) is 8.80. The largest absolute Gasteiger partial charge is 0.489 e. The maximum absolute atomic E-state index is 13.6. The molecule has 0 unspecified atom stereocenters. The molecule has 1 aromatic heterocycles. The predicted molar refractivity (Wildman–Crippen MR) is 192 cm³/mol. The van der Waals surface area contributed by atoms with Crippen LogP contribution in [0.15, 0.2) is 150 Å². The highest BCUT2D eigenvalue weighted by atomic mass is 32.2. The molecule has 0 atom stereocenters. The van der Waals surface area contributed by atoms with Gasteiger partial charge in [-0.05, 0) is 83.3 Å². The van der Waals surface area contributed by atoms with Crippen molar-refractivity contribution in [2.75, 3.05) is 16.4 Å². The molecule has 9 heteroatoms. The van der Waals surface area contributed by atoms with Crippen LogP contribution in [0.2, 0.25) is 0 Å². The van der Waals surface area contributed by atoms with Crippen LogP contribution < -0.4 is 20.7 Å². The number of rotatable bonds is 12. The van der Waals surface area contributed by atoms with Crippen LogP contribution in [-0.4, -0.2) is 28.5 Å². The third-order valence-electron chi connectivity index (χ3n) is 7.27. The first-order valence-electron chi connectivity index (χ1n) is 15.2. The number of hydrogen-bond acceptors (Lipinski definition) is 5. The van der Waals surface area contributed by atoms with E-state index in [0.29, 0.717) is 34.9 Å². The topological polar surface area (TPSA) is 112 Å². The number of thioether (sulfide) groups is 1.